The van der Waals surface area contributed by atoms with Crippen molar-refractivity contribution in [2.45, 2.75) is 19.7 Å². The van der Waals surface area contributed by atoms with E-state index in [9.17, 15) is 9.90 Å². The topological polar surface area (TPSA) is 43.8 Å². The minimum Gasteiger partial charge on any atom is -0.392 e. The smallest absolute Gasteiger partial charge is 0.254 e. The average molecular weight is 310 g/mol. The number of hydrogen-bond donors (Lipinski definition) is 1. The van der Waals surface area contributed by atoms with Crippen LogP contribution in [0.5, 0.6) is 0 Å². The molecule has 0 radical (unpaired) electrons. The molecule has 1 heterocycles. The molecule has 1 aliphatic heterocycles. The molecule has 0 fully saturated rings. The molecule has 2 aromatic carbocycles. The van der Waals surface area contributed by atoms with Gasteiger partial charge in [0.15, 0.2) is 0 Å². The molecule has 0 bridgehead atoms. The number of aliphatic hydroxyl groups excluding tert-OH is 1. The van der Waals surface area contributed by atoms with Crippen molar-refractivity contribution in [2.75, 3.05) is 21.1 Å². The lowest BCUT2D eigenvalue weighted by Gasteiger charge is -2.14. The van der Waals surface area contributed by atoms with E-state index in [0.717, 1.165) is 34.4 Å². The molecule has 1 aliphatic rings. The number of carbonyl (C=O) groups excluding carboxylic acids is 1. The molecule has 3 rings (SSSR count). The van der Waals surface area contributed by atoms with Crippen molar-refractivity contribution in [1.82, 2.24) is 9.80 Å². The Morgan fingerprint density at radius 3 is 2.57 bits per heavy atom. The van der Waals surface area contributed by atoms with Gasteiger partial charge in [-0.05, 0) is 54.0 Å². The fourth-order valence-corrected chi connectivity index (χ4v) is 3.16. The van der Waals surface area contributed by atoms with Crippen LogP contribution in [0.4, 0.5) is 0 Å². The van der Waals surface area contributed by atoms with Gasteiger partial charge in [-0.1, -0.05) is 24.3 Å². The largest absolute Gasteiger partial charge is 0.392 e. The summed E-state index contributed by atoms with van der Waals surface area (Å²) in [5, 5.41) is 9.74. The van der Waals surface area contributed by atoms with Gasteiger partial charge in [0.05, 0.1) is 6.61 Å². The molecule has 4 nitrogen and oxygen atoms in total. The van der Waals surface area contributed by atoms with E-state index in [1.807, 2.05) is 33.3 Å². The standard InChI is InChI=1S/C19H22N2O2/c1-20(2)10-13-4-6-17(16(8-13)12-22)14-5-7-18-15(9-14)11-21(3)19(18)23/h4-9,22H,10-12H2,1-3H3. The van der Waals surface area contributed by atoms with Gasteiger partial charge in [0.2, 0.25) is 0 Å². The first-order chi connectivity index (χ1) is 11.0. The number of nitrogens with zero attached hydrogens (tertiary/aromatic N) is 2. The maximum absolute atomic E-state index is 12.0. The molecule has 1 N–H and O–H groups in total. The van der Waals surface area contributed by atoms with Gasteiger partial charge in [0.1, 0.15) is 0 Å². The predicted octanol–water partition coefficient (Wildman–Crippen LogP) is 2.49. The third kappa shape index (κ3) is 3.00. The second-order valence-corrected chi connectivity index (χ2v) is 6.42. The Morgan fingerprint density at radius 1 is 1.13 bits per heavy atom. The van der Waals surface area contributed by atoms with Crippen LogP contribution in [0.25, 0.3) is 11.1 Å². The number of aliphatic hydroxyl groups is 1. The van der Waals surface area contributed by atoms with E-state index >= 15 is 0 Å². The van der Waals surface area contributed by atoms with Crippen LogP contribution in [-0.4, -0.2) is 42.0 Å². The molecule has 0 saturated carbocycles. The summed E-state index contributed by atoms with van der Waals surface area (Å²) in [6.07, 6.45) is 0. The quantitative estimate of drug-likeness (QED) is 0.943. The Morgan fingerprint density at radius 2 is 1.87 bits per heavy atom. The molecule has 2 aromatic rings. The maximum atomic E-state index is 12.0. The van der Waals surface area contributed by atoms with Gasteiger partial charge in [-0.25, -0.2) is 0 Å². The summed E-state index contributed by atoms with van der Waals surface area (Å²) in [5.41, 5.74) is 6.01. The van der Waals surface area contributed by atoms with Crippen molar-refractivity contribution in [3.05, 3.63) is 58.7 Å². The minimum absolute atomic E-state index is 0.00647. The molecule has 1 amide bonds. The third-order valence-corrected chi connectivity index (χ3v) is 4.24. The second kappa shape index (κ2) is 6.14. The van der Waals surface area contributed by atoms with Crippen molar-refractivity contribution in [2.24, 2.45) is 0 Å². The number of hydrogen-bond acceptors (Lipinski definition) is 3. The third-order valence-electron chi connectivity index (χ3n) is 4.24. The van der Waals surface area contributed by atoms with E-state index in [-0.39, 0.29) is 12.5 Å². The monoisotopic (exact) mass is 310 g/mol. The van der Waals surface area contributed by atoms with Gasteiger partial charge in [-0.2, -0.15) is 0 Å². The molecule has 0 aromatic heterocycles. The zero-order chi connectivity index (χ0) is 16.6. The van der Waals surface area contributed by atoms with Crippen molar-refractivity contribution in [3.63, 3.8) is 0 Å². The fraction of sp³-hybridized carbons (Fsp3) is 0.316. The van der Waals surface area contributed by atoms with E-state index in [4.69, 9.17) is 0 Å². The van der Waals surface area contributed by atoms with Crippen LogP contribution in [0.2, 0.25) is 0 Å². The summed E-state index contributed by atoms with van der Waals surface area (Å²) in [4.78, 5) is 15.8. The number of amides is 1. The summed E-state index contributed by atoms with van der Waals surface area (Å²) in [6, 6.07) is 12.1. The van der Waals surface area contributed by atoms with Crippen LogP contribution in [0, 0.1) is 0 Å². The molecule has 0 aliphatic carbocycles. The highest BCUT2D eigenvalue weighted by atomic mass is 16.3. The summed E-state index contributed by atoms with van der Waals surface area (Å²) >= 11 is 0. The number of rotatable bonds is 4. The zero-order valence-corrected chi connectivity index (χ0v) is 13.8. The first-order valence-corrected chi connectivity index (χ1v) is 7.75. The first-order valence-electron chi connectivity index (χ1n) is 7.75. The lowest BCUT2D eigenvalue weighted by molar-refractivity contribution is 0.0816. The van der Waals surface area contributed by atoms with Crippen molar-refractivity contribution >= 4 is 5.91 Å². The van der Waals surface area contributed by atoms with Crippen molar-refractivity contribution in [3.8, 4) is 11.1 Å². The van der Waals surface area contributed by atoms with Crippen molar-refractivity contribution < 1.29 is 9.90 Å². The highest BCUT2D eigenvalue weighted by molar-refractivity contribution is 5.98. The summed E-state index contributed by atoms with van der Waals surface area (Å²) < 4.78 is 0. The van der Waals surface area contributed by atoms with Crippen LogP contribution in [-0.2, 0) is 19.7 Å². The second-order valence-electron chi connectivity index (χ2n) is 6.42. The first kappa shape index (κ1) is 15.7. The molecule has 4 heteroatoms. The van der Waals surface area contributed by atoms with Gasteiger partial charge in [0.25, 0.3) is 5.91 Å². The zero-order valence-electron chi connectivity index (χ0n) is 13.8. The van der Waals surface area contributed by atoms with E-state index in [2.05, 4.69) is 29.2 Å². The van der Waals surface area contributed by atoms with Crippen LogP contribution < -0.4 is 0 Å². The van der Waals surface area contributed by atoms with Crippen LogP contribution >= 0.6 is 0 Å². The van der Waals surface area contributed by atoms with Gasteiger partial charge in [-0.3, -0.25) is 4.79 Å². The average Bonchev–Trinajstić information content (AvgIpc) is 2.80. The Labute approximate surface area is 137 Å². The maximum Gasteiger partial charge on any atom is 0.254 e. The highest BCUT2D eigenvalue weighted by Crippen LogP contribution is 2.30. The van der Waals surface area contributed by atoms with Crippen molar-refractivity contribution in [1.29, 1.82) is 0 Å². The summed E-state index contributed by atoms with van der Waals surface area (Å²) in [5.74, 6) is 0.0789. The molecular formula is C19H22N2O2. The van der Waals surface area contributed by atoms with Crippen LogP contribution in [0.15, 0.2) is 36.4 Å². The Bertz CT molecular complexity index is 753. The molecular weight excluding hydrogens is 288 g/mol. The summed E-state index contributed by atoms with van der Waals surface area (Å²) in [7, 11) is 5.87. The van der Waals surface area contributed by atoms with Gasteiger partial charge >= 0.3 is 0 Å². The predicted molar refractivity (Wildman–Crippen MR) is 91.0 cm³/mol. The highest BCUT2D eigenvalue weighted by Gasteiger charge is 2.24. The Balaban J connectivity index is 1.99. The number of benzene rings is 2. The number of carbonyl (C=O) groups is 1. The number of fused-ring (bicyclic) bond motifs is 1. The van der Waals surface area contributed by atoms with E-state index in [1.54, 1.807) is 4.90 Å². The summed E-state index contributed by atoms with van der Waals surface area (Å²) in [6.45, 7) is 1.50. The van der Waals surface area contributed by atoms with Gasteiger partial charge in [-0.15, -0.1) is 0 Å². The van der Waals surface area contributed by atoms with Gasteiger partial charge < -0.3 is 14.9 Å². The SMILES string of the molecule is CN(C)Cc1ccc(-c2ccc3c(c2)CN(C)C3=O)c(CO)c1. The lowest BCUT2D eigenvalue weighted by Crippen LogP contribution is -2.17. The Kier molecular flexibility index (Phi) is 4.20. The minimum atomic E-state index is 0.00647. The fourth-order valence-electron chi connectivity index (χ4n) is 3.16. The van der Waals surface area contributed by atoms with E-state index < -0.39 is 0 Å². The molecule has 23 heavy (non-hydrogen) atoms. The van der Waals surface area contributed by atoms with Crippen LogP contribution in [0.1, 0.15) is 27.0 Å². The Hall–Kier alpha value is -2.17. The molecule has 0 atom stereocenters. The molecule has 0 saturated heterocycles. The normalized spacial score (nSPS) is 13.8. The van der Waals surface area contributed by atoms with Crippen LogP contribution in [0.3, 0.4) is 0 Å². The molecule has 120 valence electrons. The lowest BCUT2D eigenvalue weighted by atomic mass is 9.95. The molecule has 0 spiro atoms. The van der Waals surface area contributed by atoms with E-state index in [0.29, 0.717) is 6.54 Å². The van der Waals surface area contributed by atoms with Gasteiger partial charge in [0, 0.05) is 25.7 Å². The molecule has 0 unspecified atom stereocenters. The van der Waals surface area contributed by atoms with E-state index in [1.165, 1.54) is 5.56 Å².